The Bertz CT molecular complexity index is 313. The summed E-state index contributed by atoms with van der Waals surface area (Å²) in [5, 5.41) is 3.12. The van der Waals surface area contributed by atoms with Gasteiger partial charge in [-0.05, 0) is 37.1 Å². The zero-order chi connectivity index (χ0) is 9.26. The van der Waals surface area contributed by atoms with Gasteiger partial charge in [0.2, 0.25) is 0 Å². The second kappa shape index (κ2) is 4.71. The number of hydrogen-bond acceptors (Lipinski definition) is 1. The molecule has 0 aromatic heterocycles. The van der Waals surface area contributed by atoms with E-state index in [-0.39, 0.29) is 12.4 Å². The van der Waals surface area contributed by atoms with E-state index in [2.05, 4.69) is 5.32 Å². The highest BCUT2D eigenvalue weighted by molar-refractivity contribution is 5.85. The van der Waals surface area contributed by atoms with E-state index in [0.29, 0.717) is 17.9 Å². The van der Waals surface area contributed by atoms with Crippen molar-refractivity contribution >= 4 is 12.4 Å². The first-order chi connectivity index (χ1) is 6.25. The standard InChI is InChI=1S/C10H11F2N.ClH/c11-9-2-1-8(10(12)4-9)3-7-5-13-6-7;/h1-2,4,7,13H,3,5-6H2;1H. The van der Waals surface area contributed by atoms with E-state index in [1.54, 1.807) is 0 Å². The molecule has 1 aliphatic rings. The number of benzene rings is 1. The Labute approximate surface area is 87.9 Å². The monoisotopic (exact) mass is 219 g/mol. The molecule has 0 saturated carbocycles. The molecule has 4 heteroatoms. The molecule has 1 N–H and O–H groups in total. The molecule has 14 heavy (non-hydrogen) atoms. The minimum Gasteiger partial charge on any atom is -0.316 e. The summed E-state index contributed by atoms with van der Waals surface area (Å²) in [7, 11) is 0. The van der Waals surface area contributed by atoms with Gasteiger partial charge in [-0.25, -0.2) is 8.78 Å². The molecule has 0 unspecified atom stereocenters. The number of hydrogen-bond donors (Lipinski definition) is 1. The van der Waals surface area contributed by atoms with Crippen LogP contribution in [0.15, 0.2) is 18.2 Å². The Morgan fingerprint density at radius 3 is 2.50 bits per heavy atom. The summed E-state index contributed by atoms with van der Waals surface area (Å²) in [6.45, 7) is 1.88. The van der Waals surface area contributed by atoms with Crippen LogP contribution >= 0.6 is 12.4 Å². The molecule has 1 heterocycles. The fourth-order valence-corrected chi connectivity index (χ4v) is 1.49. The third kappa shape index (κ3) is 2.42. The number of halogens is 3. The molecule has 0 spiro atoms. The highest BCUT2D eigenvalue weighted by Crippen LogP contribution is 2.16. The highest BCUT2D eigenvalue weighted by Gasteiger charge is 2.18. The Morgan fingerprint density at radius 2 is 2.00 bits per heavy atom. The van der Waals surface area contributed by atoms with Crippen LogP contribution in [0, 0.1) is 17.6 Å². The summed E-state index contributed by atoms with van der Waals surface area (Å²) in [5.41, 5.74) is 0.618. The van der Waals surface area contributed by atoms with Crippen molar-refractivity contribution in [3.63, 3.8) is 0 Å². The molecule has 2 rings (SSSR count). The van der Waals surface area contributed by atoms with Gasteiger partial charge in [-0.2, -0.15) is 0 Å². The molecule has 0 bridgehead atoms. The molecule has 78 valence electrons. The van der Waals surface area contributed by atoms with Gasteiger partial charge in [0.15, 0.2) is 0 Å². The van der Waals surface area contributed by atoms with Crippen molar-refractivity contribution in [3.05, 3.63) is 35.4 Å². The SMILES string of the molecule is Cl.Fc1ccc(CC2CNC2)c(F)c1. The van der Waals surface area contributed by atoms with Crippen LogP contribution in [0.3, 0.4) is 0 Å². The van der Waals surface area contributed by atoms with Crippen molar-refractivity contribution < 1.29 is 8.78 Å². The summed E-state index contributed by atoms with van der Waals surface area (Å²) in [6.07, 6.45) is 0.707. The van der Waals surface area contributed by atoms with Crippen LogP contribution in [-0.4, -0.2) is 13.1 Å². The lowest BCUT2D eigenvalue weighted by atomic mass is 9.94. The molecule has 1 nitrogen and oxygen atoms in total. The summed E-state index contributed by atoms with van der Waals surface area (Å²) < 4.78 is 25.6. The number of nitrogens with one attached hydrogen (secondary N) is 1. The lowest BCUT2D eigenvalue weighted by Gasteiger charge is -2.27. The van der Waals surface area contributed by atoms with Crippen molar-refractivity contribution in [1.82, 2.24) is 5.32 Å². The molecule has 1 aliphatic heterocycles. The van der Waals surface area contributed by atoms with Crippen molar-refractivity contribution in [3.8, 4) is 0 Å². The highest BCUT2D eigenvalue weighted by atomic mass is 35.5. The molecule has 0 amide bonds. The van der Waals surface area contributed by atoms with E-state index in [1.807, 2.05) is 0 Å². The Kier molecular flexibility index (Phi) is 3.84. The van der Waals surface area contributed by atoms with Crippen LogP contribution in [0.4, 0.5) is 8.78 Å². The molecule has 1 saturated heterocycles. The van der Waals surface area contributed by atoms with Crippen LogP contribution in [0.25, 0.3) is 0 Å². The second-order valence-electron chi connectivity index (χ2n) is 3.46. The fourth-order valence-electron chi connectivity index (χ4n) is 1.49. The van der Waals surface area contributed by atoms with Gasteiger partial charge in [-0.15, -0.1) is 12.4 Å². The van der Waals surface area contributed by atoms with Gasteiger partial charge in [0.05, 0.1) is 0 Å². The predicted molar refractivity (Wildman–Crippen MR) is 53.7 cm³/mol. The van der Waals surface area contributed by atoms with Gasteiger partial charge < -0.3 is 5.32 Å². The van der Waals surface area contributed by atoms with E-state index < -0.39 is 11.6 Å². The Morgan fingerprint density at radius 1 is 1.29 bits per heavy atom. The third-order valence-corrected chi connectivity index (χ3v) is 2.39. The van der Waals surface area contributed by atoms with Gasteiger partial charge in [-0.3, -0.25) is 0 Å². The van der Waals surface area contributed by atoms with E-state index in [9.17, 15) is 8.78 Å². The van der Waals surface area contributed by atoms with Crippen molar-refractivity contribution in [2.75, 3.05) is 13.1 Å². The minimum absolute atomic E-state index is 0. The normalized spacial score (nSPS) is 15.9. The predicted octanol–water partition coefficient (Wildman–Crippen LogP) is 2.15. The molecule has 0 atom stereocenters. The Balaban J connectivity index is 0.000000980. The van der Waals surface area contributed by atoms with E-state index in [1.165, 1.54) is 12.1 Å². The average molecular weight is 220 g/mol. The second-order valence-corrected chi connectivity index (χ2v) is 3.46. The largest absolute Gasteiger partial charge is 0.316 e. The van der Waals surface area contributed by atoms with Gasteiger partial charge >= 0.3 is 0 Å². The molecular formula is C10H12ClF2N. The molecule has 0 radical (unpaired) electrons. The third-order valence-electron chi connectivity index (χ3n) is 2.39. The topological polar surface area (TPSA) is 12.0 Å². The summed E-state index contributed by atoms with van der Waals surface area (Å²) in [6, 6.07) is 3.79. The summed E-state index contributed by atoms with van der Waals surface area (Å²) >= 11 is 0. The van der Waals surface area contributed by atoms with Crippen LogP contribution in [-0.2, 0) is 6.42 Å². The van der Waals surface area contributed by atoms with Gasteiger partial charge in [-0.1, -0.05) is 6.07 Å². The fraction of sp³-hybridized carbons (Fsp3) is 0.400. The number of rotatable bonds is 2. The zero-order valence-corrected chi connectivity index (χ0v) is 8.41. The molecular weight excluding hydrogens is 208 g/mol. The average Bonchev–Trinajstić information content (AvgIpc) is 1.99. The van der Waals surface area contributed by atoms with Crippen LogP contribution < -0.4 is 5.32 Å². The van der Waals surface area contributed by atoms with Crippen LogP contribution in [0.2, 0.25) is 0 Å². The van der Waals surface area contributed by atoms with Crippen LogP contribution in [0.1, 0.15) is 5.56 Å². The van der Waals surface area contributed by atoms with E-state index >= 15 is 0 Å². The lowest BCUT2D eigenvalue weighted by molar-refractivity contribution is 0.342. The van der Waals surface area contributed by atoms with E-state index in [4.69, 9.17) is 0 Å². The van der Waals surface area contributed by atoms with Gasteiger partial charge in [0, 0.05) is 6.07 Å². The smallest absolute Gasteiger partial charge is 0.129 e. The zero-order valence-electron chi connectivity index (χ0n) is 7.59. The molecule has 1 aromatic rings. The lowest BCUT2D eigenvalue weighted by Crippen LogP contribution is -2.43. The van der Waals surface area contributed by atoms with Crippen molar-refractivity contribution in [2.24, 2.45) is 5.92 Å². The van der Waals surface area contributed by atoms with Crippen LogP contribution in [0.5, 0.6) is 0 Å². The van der Waals surface area contributed by atoms with Crippen molar-refractivity contribution in [2.45, 2.75) is 6.42 Å². The first-order valence-electron chi connectivity index (χ1n) is 4.40. The summed E-state index contributed by atoms with van der Waals surface area (Å²) in [4.78, 5) is 0. The van der Waals surface area contributed by atoms with Gasteiger partial charge in [0.1, 0.15) is 11.6 Å². The molecule has 1 aromatic carbocycles. The maximum absolute atomic E-state index is 13.1. The van der Waals surface area contributed by atoms with Crippen molar-refractivity contribution in [1.29, 1.82) is 0 Å². The maximum Gasteiger partial charge on any atom is 0.129 e. The molecule has 0 aliphatic carbocycles. The van der Waals surface area contributed by atoms with E-state index in [0.717, 1.165) is 19.2 Å². The Hall–Kier alpha value is -0.670. The molecule has 1 fully saturated rings. The maximum atomic E-state index is 13.1. The quantitative estimate of drug-likeness (QED) is 0.804. The summed E-state index contributed by atoms with van der Waals surface area (Å²) in [5.74, 6) is -0.417. The minimum atomic E-state index is -0.506. The first kappa shape index (κ1) is 11.4. The first-order valence-corrected chi connectivity index (χ1v) is 4.40. The van der Waals surface area contributed by atoms with Gasteiger partial charge in [0.25, 0.3) is 0 Å².